The van der Waals surface area contributed by atoms with Gasteiger partial charge in [0.1, 0.15) is 0 Å². The molecule has 0 unspecified atom stereocenters. The molecule has 1 aromatic carbocycles. The van der Waals surface area contributed by atoms with Crippen LogP contribution >= 0.6 is 0 Å². The molecule has 4 nitrogen and oxygen atoms in total. The molecule has 0 bridgehead atoms. The summed E-state index contributed by atoms with van der Waals surface area (Å²) in [6.45, 7) is 5.41. The molecule has 0 fully saturated rings. The number of aromatic carboxylic acids is 1. The molecule has 0 atom stereocenters. The molecule has 4 heteroatoms. The first-order valence-corrected chi connectivity index (χ1v) is 6.72. The number of carbonyl (C=O) groups excluding carboxylic acids is 1. The largest absolute Gasteiger partial charge is 0.478 e. The predicted octanol–water partition coefficient (Wildman–Crippen LogP) is 2.38. The SMILES string of the molecule is CCCN(CCC)C(=O)C#Cc1cccc(C(=O)O)c1. The van der Waals surface area contributed by atoms with Gasteiger partial charge in [0.15, 0.2) is 0 Å². The van der Waals surface area contributed by atoms with Crippen LogP contribution in [-0.4, -0.2) is 35.0 Å². The van der Waals surface area contributed by atoms with E-state index in [1.807, 2.05) is 13.8 Å². The minimum Gasteiger partial charge on any atom is -0.478 e. The first-order valence-electron chi connectivity index (χ1n) is 6.72. The molecule has 1 rings (SSSR count). The summed E-state index contributed by atoms with van der Waals surface area (Å²) in [6.07, 6.45) is 1.78. The van der Waals surface area contributed by atoms with Crippen LogP contribution in [0.15, 0.2) is 24.3 Å². The van der Waals surface area contributed by atoms with Gasteiger partial charge in [-0.2, -0.15) is 0 Å². The van der Waals surface area contributed by atoms with Gasteiger partial charge in [0, 0.05) is 24.6 Å². The summed E-state index contributed by atoms with van der Waals surface area (Å²) >= 11 is 0. The maximum Gasteiger partial charge on any atom is 0.335 e. The van der Waals surface area contributed by atoms with Crippen molar-refractivity contribution in [2.24, 2.45) is 0 Å². The lowest BCUT2D eigenvalue weighted by atomic mass is 10.1. The number of carboxylic acids is 1. The molecule has 106 valence electrons. The van der Waals surface area contributed by atoms with Crippen LogP contribution in [-0.2, 0) is 4.79 Å². The van der Waals surface area contributed by atoms with E-state index in [1.165, 1.54) is 12.1 Å². The number of nitrogens with zero attached hydrogens (tertiary/aromatic N) is 1. The lowest BCUT2D eigenvalue weighted by Crippen LogP contribution is -2.31. The highest BCUT2D eigenvalue weighted by Gasteiger charge is 2.08. The van der Waals surface area contributed by atoms with Crippen molar-refractivity contribution in [3.8, 4) is 11.8 Å². The van der Waals surface area contributed by atoms with Crippen LogP contribution in [0.5, 0.6) is 0 Å². The van der Waals surface area contributed by atoms with E-state index in [2.05, 4.69) is 11.8 Å². The molecule has 0 radical (unpaired) electrons. The Labute approximate surface area is 119 Å². The van der Waals surface area contributed by atoms with Crippen molar-refractivity contribution in [3.05, 3.63) is 35.4 Å². The van der Waals surface area contributed by atoms with Gasteiger partial charge in [0.05, 0.1) is 5.56 Å². The molecule has 0 aromatic heterocycles. The number of hydrogen-bond donors (Lipinski definition) is 1. The average molecular weight is 273 g/mol. The third kappa shape index (κ3) is 4.77. The summed E-state index contributed by atoms with van der Waals surface area (Å²) < 4.78 is 0. The van der Waals surface area contributed by atoms with Crippen molar-refractivity contribution in [3.63, 3.8) is 0 Å². The van der Waals surface area contributed by atoms with Gasteiger partial charge >= 0.3 is 5.97 Å². The zero-order valence-corrected chi connectivity index (χ0v) is 11.8. The van der Waals surface area contributed by atoms with E-state index in [-0.39, 0.29) is 11.5 Å². The zero-order chi connectivity index (χ0) is 15.0. The summed E-state index contributed by atoms with van der Waals surface area (Å²) in [7, 11) is 0. The number of carbonyl (C=O) groups is 2. The second-order valence-electron chi connectivity index (χ2n) is 4.43. The van der Waals surface area contributed by atoms with Crippen molar-refractivity contribution < 1.29 is 14.7 Å². The Kier molecular flexibility index (Phi) is 6.31. The van der Waals surface area contributed by atoms with E-state index in [0.717, 1.165) is 12.8 Å². The number of rotatable bonds is 5. The quantitative estimate of drug-likeness (QED) is 0.838. The third-order valence-corrected chi connectivity index (χ3v) is 2.70. The number of amides is 1. The van der Waals surface area contributed by atoms with E-state index >= 15 is 0 Å². The molecule has 20 heavy (non-hydrogen) atoms. The monoisotopic (exact) mass is 273 g/mol. The van der Waals surface area contributed by atoms with Crippen LogP contribution in [0.3, 0.4) is 0 Å². The third-order valence-electron chi connectivity index (χ3n) is 2.70. The van der Waals surface area contributed by atoms with Gasteiger partial charge < -0.3 is 10.0 Å². The minimum absolute atomic E-state index is 0.170. The van der Waals surface area contributed by atoms with E-state index in [4.69, 9.17) is 5.11 Å². The molecular formula is C16H19NO3. The second-order valence-corrected chi connectivity index (χ2v) is 4.43. The van der Waals surface area contributed by atoms with Crippen LogP contribution in [0, 0.1) is 11.8 Å². The molecule has 0 saturated carbocycles. The first-order chi connectivity index (χ1) is 9.58. The van der Waals surface area contributed by atoms with Crippen LogP contribution in [0.4, 0.5) is 0 Å². The predicted molar refractivity (Wildman–Crippen MR) is 77.4 cm³/mol. The minimum atomic E-state index is -1.00. The van der Waals surface area contributed by atoms with Gasteiger partial charge in [-0.15, -0.1) is 0 Å². The van der Waals surface area contributed by atoms with Gasteiger partial charge in [-0.05, 0) is 31.0 Å². The van der Waals surface area contributed by atoms with E-state index in [9.17, 15) is 9.59 Å². The Morgan fingerprint density at radius 1 is 1.20 bits per heavy atom. The zero-order valence-electron chi connectivity index (χ0n) is 11.8. The fourth-order valence-corrected chi connectivity index (χ4v) is 1.79. The fourth-order valence-electron chi connectivity index (χ4n) is 1.79. The Morgan fingerprint density at radius 3 is 2.40 bits per heavy atom. The molecule has 0 aliphatic heterocycles. The molecule has 1 aromatic rings. The highest BCUT2D eigenvalue weighted by Crippen LogP contribution is 2.04. The van der Waals surface area contributed by atoms with Crippen LogP contribution in [0.25, 0.3) is 0 Å². The second kappa shape index (κ2) is 8.00. The molecule has 1 N–H and O–H groups in total. The van der Waals surface area contributed by atoms with Crippen LogP contribution < -0.4 is 0 Å². The van der Waals surface area contributed by atoms with E-state index in [0.29, 0.717) is 18.7 Å². The van der Waals surface area contributed by atoms with Gasteiger partial charge in [-0.3, -0.25) is 4.79 Å². The van der Waals surface area contributed by atoms with Crippen molar-refractivity contribution in [1.82, 2.24) is 4.90 Å². The van der Waals surface area contributed by atoms with Crippen LogP contribution in [0.2, 0.25) is 0 Å². The highest BCUT2D eigenvalue weighted by molar-refractivity contribution is 5.94. The molecule has 0 aliphatic rings. The average Bonchev–Trinajstić information content (AvgIpc) is 2.45. The smallest absolute Gasteiger partial charge is 0.335 e. The summed E-state index contributed by atoms with van der Waals surface area (Å²) in [4.78, 5) is 24.5. The van der Waals surface area contributed by atoms with E-state index in [1.54, 1.807) is 17.0 Å². The lowest BCUT2D eigenvalue weighted by Gasteiger charge is -2.17. The molecule has 0 aliphatic carbocycles. The van der Waals surface area contributed by atoms with Gasteiger partial charge in [0.2, 0.25) is 0 Å². The maximum absolute atomic E-state index is 12.0. The highest BCUT2D eigenvalue weighted by atomic mass is 16.4. The van der Waals surface area contributed by atoms with Crippen LogP contribution in [0.1, 0.15) is 42.6 Å². The van der Waals surface area contributed by atoms with E-state index < -0.39 is 5.97 Å². The van der Waals surface area contributed by atoms with Crippen molar-refractivity contribution in [2.45, 2.75) is 26.7 Å². The van der Waals surface area contributed by atoms with Crippen molar-refractivity contribution >= 4 is 11.9 Å². The summed E-state index contributed by atoms with van der Waals surface area (Å²) in [5.41, 5.74) is 0.703. The van der Waals surface area contributed by atoms with Crippen molar-refractivity contribution in [1.29, 1.82) is 0 Å². The molecule has 0 heterocycles. The Balaban J connectivity index is 2.84. The number of benzene rings is 1. The van der Waals surface area contributed by atoms with Gasteiger partial charge in [0.25, 0.3) is 5.91 Å². The summed E-state index contributed by atoms with van der Waals surface area (Å²) in [5, 5.41) is 8.89. The maximum atomic E-state index is 12.0. The number of carboxylic acid groups (broad SMARTS) is 1. The standard InChI is InChI=1S/C16H19NO3/c1-3-10-17(11-4-2)15(18)9-8-13-6-5-7-14(12-13)16(19)20/h5-7,12H,3-4,10-11H2,1-2H3,(H,19,20). The van der Waals surface area contributed by atoms with Gasteiger partial charge in [-0.25, -0.2) is 4.79 Å². The Hall–Kier alpha value is -2.28. The Morgan fingerprint density at radius 2 is 1.85 bits per heavy atom. The summed E-state index contributed by atoms with van der Waals surface area (Å²) in [6, 6.07) is 6.27. The normalized spacial score (nSPS) is 9.50. The number of hydrogen-bond acceptors (Lipinski definition) is 2. The summed E-state index contributed by atoms with van der Waals surface area (Å²) in [5.74, 6) is 4.10. The molecular weight excluding hydrogens is 254 g/mol. The molecule has 0 spiro atoms. The topological polar surface area (TPSA) is 57.6 Å². The fraction of sp³-hybridized carbons (Fsp3) is 0.375. The lowest BCUT2D eigenvalue weighted by molar-refractivity contribution is -0.125. The van der Waals surface area contributed by atoms with Gasteiger partial charge in [-0.1, -0.05) is 25.8 Å². The molecule has 0 saturated heterocycles. The van der Waals surface area contributed by atoms with Crippen molar-refractivity contribution in [2.75, 3.05) is 13.1 Å². The first kappa shape index (κ1) is 15.8. The molecule has 1 amide bonds. The Bertz CT molecular complexity index is 534.